The predicted octanol–water partition coefficient (Wildman–Crippen LogP) is 3.43. The fourth-order valence-corrected chi connectivity index (χ4v) is 2.50. The van der Waals surface area contributed by atoms with Crippen LogP contribution < -0.4 is 0 Å². The standard InChI is InChI=1S/2C7H5NO2S.2ClH/c2*1-8-11(9,10)7-5-3-2-4-6-7;;/h2*2-6H;2*1H. The van der Waals surface area contributed by atoms with Crippen LogP contribution in [0.3, 0.4) is 0 Å². The molecule has 0 fully saturated rings. The number of rotatable bonds is 2. The Bertz CT molecular complexity index is 839. The Kier molecular flexibility index (Phi) is 10.7. The van der Waals surface area contributed by atoms with Gasteiger partial charge in [-0.05, 0) is 24.3 Å². The van der Waals surface area contributed by atoms with Crippen LogP contribution >= 0.6 is 24.8 Å². The van der Waals surface area contributed by atoms with Crippen molar-refractivity contribution in [1.82, 2.24) is 0 Å². The van der Waals surface area contributed by atoms with Crippen LogP contribution in [0.4, 0.5) is 0 Å². The summed E-state index contributed by atoms with van der Waals surface area (Å²) in [6.07, 6.45) is 0. The smallest absolute Gasteiger partial charge is 0.206 e. The minimum atomic E-state index is -3.71. The number of benzene rings is 2. The molecule has 0 aliphatic rings. The summed E-state index contributed by atoms with van der Waals surface area (Å²) in [7, 11) is -7.41. The van der Waals surface area contributed by atoms with Gasteiger partial charge in [0.25, 0.3) is 0 Å². The molecule has 6 nitrogen and oxygen atoms in total. The van der Waals surface area contributed by atoms with E-state index in [1.165, 1.54) is 24.3 Å². The summed E-state index contributed by atoms with van der Waals surface area (Å²) < 4.78 is 48.4. The minimum Gasteiger partial charge on any atom is -0.206 e. The molecule has 2 aromatic rings. The zero-order valence-corrected chi connectivity index (χ0v) is 15.2. The Morgan fingerprint density at radius 3 is 1.04 bits per heavy atom. The Labute approximate surface area is 153 Å². The van der Waals surface area contributed by atoms with Gasteiger partial charge in [-0.1, -0.05) is 36.4 Å². The van der Waals surface area contributed by atoms with E-state index in [0.29, 0.717) is 0 Å². The molecule has 0 saturated carbocycles. The molecule has 0 atom stereocenters. The maximum Gasteiger partial charge on any atom is 0.468 e. The summed E-state index contributed by atoms with van der Waals surface area (Å²) in [6.45, 7) is 12.8. The molecule has 10 heteroatoms. The third kappa shape index (κ3) is 6.99. The van der Waals surface area contributed by atoms with Crippen molar-refractivity contribution in [2.75, 3.05) is 0 Å². The minimum absolute atomic E-state index is 0. The van der Waals surface area contributed by atoms with E-state index in [2.05, 4.69) is 8.50 Å². The largest absolute Gasteiger partial charge is 0.468 e. The number of hydrogen-bond acceptors (Lipinski definition) is 4. The van der Waals surface area contributed by atoms with E-state index in [9.17, 15) is 16.8 Å². The van der Waals surface area contributed by atoms with E-state index < -0.39 is 20.0 Å². The van der Waals surface area contributed by atoms with Crippen molar-refractivity contribution in [2.24, 2.45) is 0 Å². The van der Waals surface area contributed by atoms with Gasteiger partial charge in [-0.15, -0.1) is 41.6 Å². The monoisotopic (exact) mass is 406 g/mol. The highest BCUT2D eigenvalue weighted by atomic mass is 35.5. The third-order valence-corrected chi connectivity index (χ3v) is 4.54. The molecule has 128 valence electrons. The van der Waals surface area contributed by atoms with Crippen molar-refractivity contribution in [3.05, 3.63) is 82.3 Å². The molecule has 0 radical (unpaired) electrons. The van der Waals surface area contributed by atoms with Gasteiger partial charge in [-0.3, -0.25) is 0 Å². The van der Waals surface area contributed by atoms with Crippen molar-refractivity contribution in [1.29, 1.82) is 0 Å². The zero-order valence-electron chi connectivity index (χ0n) is 11.9. The van der Waals surface area contributed by atoms with E-state index in [1.807, 2.05) is 0 Å². The van der Waals surface area contributed by atoms with Gasteiger partial charge in [0, 0.05) is 0 Å². The maximum absolute atomic E-state index is 10.8. The number of sulfonamides is 2. The summed E-state index contributed by atoms with van der Waals surface area (Å²) in [5.74, 6) is 0. The van der Waals surface area contributed by atoms with Gasteiger partial charge in [0.15, 0.2) is 0 Å². The Balaban J connectivity index is 0. The van der Waals surface area contributed by atoms with Crippen LogP contribution in [0.15, 0.2) is 70.5 Å². The first-order valence-electron chi connectivity index (χ1n) is 5.71. The van der Waals surface area contributed by atoms with E-state index >= 15 is 0 Å². The molecule has 2 aromatic carbocycles. The Hall–Kier alpha value is -2.10. The van der Waals surface area contributed by atoms with Crippen LogP contribution in [0.2, 0.25) is 0 Å². The SMILES string of the molecule is Cl.Cl.[C-]#[N+]S(=O)(=O)c1ccccc1.[C-]#[N+]S(=O)(=O)c1ccccc1. The quantitative estimate of drug-likeness (QED) is 0.715. The Morgan fingerprint density at radius 2 is 0.833 bits per heavy atom. The van der Waals surface area contributed by atoms with Gasteiger partial charge < -0.3 is 0 Å². The molecular weight excluding hydrogens is 395 g/mol. The van der Waals surface area contributed by atoms with Crippen LogP contribution in [0.5, 0.6) is 0 Å². The van der Waals surface area contributed by atoms with Crippen molar-refractivity contribution < 1.29 is 16.8 Å². The molecule has 24 heavy (non-hydrogen) atoms. The Morgan fingerprint density at radius 1 is 0.583 bits per heavy atom. The van der Waals surface area contributed by atoms with Crippen LogP contribution in [-0.2, 0) is 20.0 Å². The lowest BCUT2D eigenvalue weighted by atomic mass is 10.4. The topological polar surface area (TPSA) is 77.0 Å². The summed E-state index contributed by atoms with van der Waals surface area (Å²) in [6, 6.07) is 15.3. The predicted molar refractivity (Wildman–Crippen MR) is 95.0 cm³/mol. The van der Waals surface area contributed by atoms with Crippen LogP contribution in [-0.4, -0.2) is 16.8 Å². The summed E-state index contributed by atoms with van der Waals surface area (Å²) in [4.78, 5) is 0.102. The lowest BCUT2D eigenvalue weighted by Gasteiger charge is -1.87. The van der Waals surface area contributed by atoms with Gasteiger partial charge in [0.1, 0.15) is 9.79 Å². The van der Waals surface area contributed by atoms with E-state index in [1.54, 1.807) is 36.4 Å². The van der Waals surface area contributed by atoms with Crippen molar-refractivity contribution in [3.8, 4) is 0 Å². The van der Waals surface area contributed by atoms with E-state index in [-0.39, 0.29) is 34.6 Å². The first-order valence-corrected chi connectivity index (χ1v) is 8.59. The molecule has 0 heterocycles. The first-order chi connectivity index (χ1) is 10.3. The van der Waals surface area contributed by atoms with Gasteiger partial charge in [-0.25, -0.2) is 13.1 Å². The maximum atomic E-state index is 10.8. The highest BCUT2D eigenvalue weighted by Crippen LogP contribution is 2.10. The highest BCUT2D eigenvalue weighted by molar-refractivity contribution is 7.93. The van der Waals surface area contributed by atoms with Crippen molar-refractivity contribution in [3.63, 3.8) is 0 Å². The third-order valence-electron chi connectivity index (χ3n) is 2.32. The summed E-state index contributed by atoms with van der Waals surface area (Å²) in [5.41, 5.74) is 0. The second kappa shape index (κ2) is 10.6. The molecule has 0 aliphatic carbocycles. The normalized spacial score (nSPS) is 9.58. The lowest BCUT2D eigenvalue weighted by molar-refractivity contribution is 0.602. The molecular formula is C14H12Cl2N2O4S2. The van der Waals surface area contributed by atoms with Crippen LogP contribution in [0, 0.1) is 13.1 Å². The van der Waals surface area contributed by atoms with E-state index in [0.717, 1.165) is 0 Å². The molecule has 0 amide bonds. The highest BCUT2D eigenvalue weighted by Gasteiger charge is 2.17. The molecule has 2 rings (SSSR count). The molecule has 0 unspecified atom stereocenters. The fourth-order valence-electron chi connectivity index (χ4n) is 1.29. The number of nitrogens with zero attached hydrogens (tertiary/aromatic N) is 2. The number of hydrogen-bond donors (Lipinski definition) is 0. The van der Waals surface area contributed by atoms with E-state index in [4.69, 9.17) is 13.1 Å². The average Bonchev–Trinajstić information content (AvgIpc) is 2.57. The van der Waals surface area contributed by atoms with Gasteiger partial charge in [0.2, 0.25) is 0 Å². The molecule has 0 aliphatic heterocycles. The van der Waals surface area contributed by atoms with Gasteiger partial charge in [-0.2, -0.15) is 8.50 Å². The molecule has 0 aromatic heterocycles. The second-order valence-electron chi connectivity index (χ2n) is 3.76. The van der Waals surface area contributed by atoms with Crippen LogP contribution in [0.1, 0.15) is 0 Å². The molecule has 0 saturated heterocycles. The second-order valence-corrected chi connectivity index (χ2v) is 6.97. The lowest BCUT2D eigenvalue weighted by Crippen LogP contribution is -1.91. The molecule has 0 bridgehead atoms. The van der Waals surface area contributed by atoms with Crippen LogP contribution in [0.25, 0.3) is 8.50 Å². The fraction of sp³-hybridized carbons (Fsp3) is 0. The zero-order chi connectivity index (χ0) is 16.6. The number of halogens is 2. The summed E-state index contributed by atoms with van der Waals surface area (Å²) >= 11 is 0. The molecule has 0 N–H and O–H groups in total. The summed E-state index contributed by atoms with van der Waals surface area (Å²) in [5, 5.41) is 0. The average molecular weight is 407 g/mol. The first kappa shape index (κ1) is 24.2. The van der Waals surface area contributed by atoms with Crippen molar-refractivity contribution >= 4 is 44.9 Å². The van der Waals surface area contributed by atoms with Crippen molar-refractivity contribution in [2.45, 2.75) is 9.79 Å². The molecule has 0 spiro atoms. The van der Waals surface area contributed by atoms with Gasteiger partial charge in [0.05, 0.1) is 0 Å². The van der Waals surface area contributed by atoms with Gasteiger partial charge >= 0.3 is 20.0 Å².